The van der Waals surface area contributed by atoms with E-state index in [2.05, 4.69) is 4.98 Å². The molecule has 1 atom stereocenters. The molecule has 1 unspecified atom stereocenters. The Labute approximate surface area is 141 Å². The molecular formula is C15H14ClN3O3S. The Morgan fingerprint density at radius 3 is 2.91 bits per heavy atom. The fourth-order valence-corrected chi connectivity index (χ4v) is 3.41. The van der Waals surface area contributed by atoms with Gasteiger partial charge in [0.15, 0.2) is 6.10 Å². The number of aromatic nitrogens is 1. The number of rotatable bonds is 3. The topological polar surface area (TPSA) is 85.5 Å². The third-order valence-corrected chi connectivity index (χ3v) is 4.70. The molecule has 0 radical (unpaired) electrons. The number of carbonyl (C=O) groups is 2. The molecule has 1 aliphatic heterocycles. The summed E-state index contributed by atoms with van der Waals surface area (Å²) in [6, 6.07) is 7.33. The van der Waals surface area contributed by atoms with Gasteiger partial charge in [0.05, 0.1) is 18.2 Å². The van der Waals surface area contributed by atoms with Gasteiger partial charge in [-0.15, -0.1) is 11.3 Å². The molecule has 3 rings (SSSR count). The first kappa shape index (κ1) is 15.9. The second-order valence-electron chi connectivity index (χ2n) is 5.03. The van der Waals surface area contributed by atoms with Crippen LogP contribution in [-0.2, 0) is 9.53 Å². The molecular weight excluding hydrogens is 338 g/mol. The first-order valence-corrected chi connectivity index (χ1v) is 8.22. The lowest BCUT2D eigenvalue weighted by Crippen LogP contribution is -2.50. The summed E-state index contributed by atoms with van der Waals surface area (Å²) in [6.07, 6.45) is -0.769. The number of nitrogens with two attached hydrogens (primary N) is 1. The van der Waals surface area contributed by atoms with Gasteiger partial charge in [0.25, 0.3) is 5.91 Å². The molecule has 23 heavy (non-hydrogen) atoms. The van der Waals surface area contributed by atoms with Gasteiger partial charge >= 0.3 is 0 Å². The highest BCUT2D eigenvalue weighted by molar-refractivity contribution is 7.13. The number of primary amides is 1. The predicted molar refractivity (Wildman–Crippen MR) is 87.4 cm³/mol. The van der Waals surface area contributed by atoms with E-state index < -0.39 is 12.0 Å². The van der Waals surface area contributed by atoms with E-state index in [1.165, 1.54) is 16.2 Å². The Morgan fingerprint density at radius 2 is 2.17 bits per heavy atom. The van der Waals surface area contributed by atoms with E-state index in [4.69, 9.17) is 22.1 Å². The fraction of sp³-hybridized carbons (Fsp3) is 0.267. The van der Waals surface area contributed by atoms with Crippen LogP contribution in [0.1, 0.15) is 10.5 Å². The quantitative estimate of drug-likeness (QED) is 0.913. The van der Waals surface area contributed by atoms with Crippen molar-refractivity contribution in [3.8, 4) is 10.6 Å². The van der Waals surface area contributed by atoms with Gasteiger partial charge in [-0.2, -0.15) is 0 Å². The van der Waals surface area contributed by atoms with E-state index in [-0.39, 0.29) is 19.1 Å². The van der Waals surface area contributed by atoms with Crippen molar-refractivity contribution < 1.29 is 14.3 Å². The largest absolute Gasteiger partial charge is 0.367 e. The maximum absolute atomic E-state index is 12.5. The zero-order valence-corrected chi connectivity index (χ0v) is 13.6. The first-order valence-electron chi connectivity index (χ1n) is 6.97. The van der Waals surface area contributed by atoms with Gasteiger partial charge in [0.1, 0.15) is 10.7 Å². The number of carbonyl (C=O) groups excluding carboxylic acids is 2. The molecule has 120 valence electrons. The van der Waals surface area contributed by atoms with Crippen molar-refractivity contribution in [2.75, 3.05) is 19.7 Å². The second kappa shape index (κ2) is 6.66. The molecule has 0 bridgehead atoms. The first-order chi connectivity index (χ1) is 11.1. The summed E-state index contributed by atoms with van der Waals surface area (Å²) in [6.45, 7) is 0.829. The van der Waals surface area contributed by atoms with Gasteiger partial charge in [-0.05, 0) is 6.07 Å². The average Bonchev–Trinajstić information content (AvgIpc) is 3.04. The number of nitrogens with zero attached hydrogens (tertiary/aromatic N) is 2. The summed E-state index contributed by atoms with van der Waals surface area (Å²) in [4.78, 5) is 29.6. The van der Waals surface area contributed by atoms with Crippen molar-refractivity contribution >= 4 is 34.8 Å². The lowest BCUT2D eigenvalue weighted by Gasteiger charge is -2.30. The van der Waals surface area contributed by atoms with E-state index >= 15 is 0 Å². The summed E-state index contributed by atoms with van der Waals surface area (Å²) in [5, 5.41) is 2.95. The van der Waals surface area contributed by atoms with Crippen LogP contribution < -0.4 is 5.73 Å². The van der Waals surface area contributed by atoms with E-state index in [1.54, 1.807) is 11.4 Å². The van der Waals surface area contributed by atoms with Gasteiger partial charge in [0.2, 0.25) is 5.91 Å². The van der Waals surface area contributed by atoms with Gasteiger partial charge in [-0.1, -0.05) is 29.8 Å². The minimum atomic E-state index is -0.769. The number of benzene rings is 1. The Hall–Kier alpha value is -1.96. The predicted octanol–water partition coefficient (Wildman–Crippen LogP) is 1.79. The summed E-state index contributed by atoms with van der Waals surface area (Å²) < 4.78 is 5.24. The molecule has 2 amide bonds. The van der Waals surface area contributed by atoms with E-state index in [9.17, 15) is 9.59 Å². The molecule has 1 saturated heterocycles. The van der Waals surface area contributed by atoms with Crippen molar-refractivity contribution in [3.05, 3.63) is 40.4 Å². The van der Waals surface area contributed by atoms with Crippen LogP contribution in [-0.4, -0.2) is 47.5 Å². The molecule has 1 aliphatic rings. The third kappa shape index (κ3) is 3.36. The third-order valence-electron chi connectivity index (χ3n) is 3.50. The Bertz CT molecular complexity index is 749. The van der Waals surface area contributed by atoms with Gasteiger partial charge in [-0.25, -0.2) is 4.98 Å². The highest BCUT2D eigenvalue weighted by Crippen LogP contribution is 2.30. The Kier molecular flexibility index (Phi) is 4.61. The smallest absolute Gasteiger partial charge is 0.273 e. The summed E-state index contributed by atoms with van der Waals surface area (Å²) >= 11 is 7.50. The van der Waals surface area contributed by atoms with Crippen LogP contribution in [0.3, 0.4) is 0 Å². The maximum Gasteiger partial charge on any atom is 0.273 e. The van der Waals surface area contributed by atoms with E-state index in [0.29, 0.717) is 22.3 Å². The Morgan fingerprint density at radius 1 is 1.39 bits per heavy atom. The normalized spacial score (nSPS) is 18.0. The number of halogens is 1. The maximum atomic E-state index is 12.5. The molecule has 0 aliphatic carbocycles. The number of hydrogen-bond donors (Lipinski definition) is 1. The van der Waals surface area contributed by atoms with Gasteiger partial charge in [-0.3, -0.25) is 9.59 Å². The average molecular weight is 352 g/mol. The second-order valence-corrected chi connectivity index (χ2v) is 6.30. The number of ether oxygens (including phenoxy) is 1. The van der Waals surface area contributed by atoms with Crippen molar-refractivity contribution in [1.29, 1.82) is 0 Å². The molecule has 6 nitrogen and oxygen atoms in total. The summed E-state index contributed by atoms with van der Waals surface area (Å²) in [5.74, 6) is -0.813. The summed E-state index contributed by atoms with van der Waals surface area (Å²) in [5.41, 5.74) is 6.35. The molecule has 0 spiro atoms. The number of hydrogen-bond acceptors (Lipinski definition) is 5. The highest BCUT2D eigenvalue weighted by Gasteiger charge is 2.29. The van der Waals surface area contributed by atoms with Crippen LogP contribution in [0.25, 0.3) is 10.6 Å². The minimum Gasteiger partial charge on any atom is -0.367 e. The SMILES string of the molecule is NC(=O)C1CN(C(=O)c2csc(-c3ccccc3Cl)n2)CCO1. The van der Waals surface area contributed by atoms with Crippen LogP contribution in [0.5, 0.6) is 0 Å². The van der Waals surface area contributed by atoms with Crippen molar-refractivity contribution in [3.63, 3.8) is 0 Å². The zero-order valence-electron chi connectivity index (χ0n) is 12.1. The number of thiazole rings is 1. The van der Waals surface area contributed by atoms with Crippen LogP contribution in [0, 0.1) is 0 Å². The molecule has 2 aromatic rings. The highest BCUT2D eigenvalue weighted by atomic mass is 35.5. The van der Waals surface area contributed by atoms with Crippen molar-refractivity contribution in [2.45, 2.75) is 6.10 Å². The molecule has 8 heteroatoms. The van der Waals surface area contributed by atoms with Gasteiger partial charge < -0.3 is 15.4 Å². The summed E-state index contributed by atoms with van der Waals surface area (Å²) in [7, 11) is 0. The van der Waals surface area contributed by atoms with Gasteiger partial charge in [0, 0.05) is 17.5 Å². The van der Waals surface area contributed by atoms with E-state index in [0.717, 1.165) is 5.56 Å². The molecule has 2 heterocycles. The zero-order chi connectivity index (χ0) is 16.4. The standard InChI is InChI=1S/C15H14ClN3O3S/c16-10-4-2-1-3-9(10)14-18-11(8-23-14)15(21)19-5-6-22-12(7-19)13(17)20/h1-4,8,12H,5-7H2,(H2,17,20). The van der Waals surface area contributed by atoms with Crippen molar-refractivity contribution in [1.82, 2.24) is 9.88 Å². The Balaban J connectivity index is 1.79. The molecule has 1 fully saturated rings. The number of amides is 2. The molecule has 1 aromatic heterocycles. The lowest BCUT2D eigenvalue weighted by atomic mass is 10.2. The van der Waals surface area contributed by atoms with Crippen molar-refractivity contribution in [2.24, 2.45) is 5.73 Å². The van der Waals surface area contributed by atoms with Crippen LogP contribution >= 0.6 is 22.9 Å². The lowest BCUT2D eigenvalue weighted by molar-refractivity contribution is -0.133. The number of morpholine rings is 1. The van der Waals surface area contributed by atoms with Crippen LogP contribution in [0.15, 0.2) is 29.6 Å². The molecule has 2 N–H and O–H groups in total. The fourth-order valence-electron chi connectivity index (χ4n) is 2.30. The minimum absolute atomic E-state index is 0.146. The molecule has 1 aromatic carbocycles. The van der Waals surface area contributed by atoms with Crippen LogP contribution in [0.4, 0.5) is 0 Å². The van der Waals surface area contributed by atoms with Crippen LogP contribution in [0.2, 0.25) is 5.02 Å². The molecule has 0 saturated carbocycles. The van der Waals surface area contributed by atoms with E-state index in [1.807, 2.05) is 18.2 Å². The monoisotopic (exact) mass is 351 g/mol.